The molecule has 0 spiro atoms. The minimum absolute atomic E-state index is 0.0391. The Bertz CT molecular complexity index is 590. The molecule has 0 aromatic rings. The lowest BCUT2D eigenvalue weighted by molar-refractivity contribution is -0.127. The minimum atomic E-state index is -0.129. The fourth-order valence-electron chi connectivity index (χ4n) is 3.86. The molecule has 34 heavy (non-hydrogen) atoms. The number of allylic oxidation sites excluding steroid dienone is 1. The maximum Gasteiger partial charge on any atom is 0.246 e. The fraction of sp³-hybridized carbons (Fsp3) is 0.875. The van der Waals surface area contributed by atoms with E-state index in [1.807, 2.05) is 0 Å². The molecule has 1 heterocycles. The largest absolute Gasteiger partial charge is 0.379 e. The van der Waals surface area contributed by atoms with E-state index in [2.05, 4.69) is 42.1 Å². The molecule has 0 saturated heterocycles. The molecule has 1 atom stereocenters. The molecule has 2 rings (SSSR count). The minimum Gasteiger partial charge on any atom is -0.379 e. The zero-order valence-electron chi connectivity index (χ0n) is 21.4. The van der Waals surface area contributed by atoms with Gasteiger partial charge in [0.25, 0.3) is 0 Å². The zero-order valence-corrected chi connectivity index (χ0v) is 21.4. The number of carbonyl (C=O) groups is 1. The summed E-state index contributed by atoms with van der Waals surface area (Å²) >= 11 is 0. The number of nitrogens with zero attached hydrogens (tertiary/aromatic N) is 1. The Morgan fingerprint density at radius 1 is 0.971 bits per heavy atom. The molecule has 0 bridgehead atoms. The highest BCUT2D eigenvalue weighted by molar-refractivity contribution is 5.77. The van der Waals surface area contributed by atoms with Gasteiger partial charge >= 0.3 is 0 Å². The summed E-state index contributed by atoms with van der Waals surface area (Å²) in [6.07, 6.45) is 6.30. The summed E-state index contributed by atoms with van der Waals surface area (Å²) < 4.78 is 27.7. The van der Waals surface area contributed by atoms with Crippen LogP contribution >= 0.6 is 0 Å². The van der Waals surface area contributed by atoms with Gasteiger partial charge in [-0.25, -0.2) is 0 Å². The van der Waals surface area contributed by atoms with Crippen LogP contribution in [0.2, 0.25) is 0 Å². The molecule has 10 nitrogen and oxygen atoms in total. The summed E-state index contributed by atoms with van der Waals surface area (Å²) in [5, 5.41) is 5.01. The average Bonchev–Trinajstić information content (AvgIpc) is 3.22. The highest BCUT2D eigenvalue weighted by Crippen LogP contribution is 2.29. The van der Waals surface area contributed by atoms with Crippen LogP contribution in [0, 0.1) is 0 Å². The standard InChI is InChI=1S/C24H46N4O6/c1-4-11-30-13-15-32-17-18-33-16-14-31-12-10-25-23(29)19-34-22-9-7-5-6-8-21-24(22)26-27-28(21)20(2)3/h20,22,26-27H,4-19H2,1-3H3,(H,25,29). The molecule has 3 N–H and O–H groups in total. The Morgan fingerprint density at radius 2 is 1.62 bits per heavy atom. The highest BCUT2D eigenvalue weighted by Gasteiger charge is 2.30. The molecule has 1 amide bonds. The van der Waals surface area contributed by atoms with Crippen molar-refractivity contribution in [2.24, 2.45) is 0 Å². The van der Waals surface area contributed by atoms with E-state index in [1.165, 1.54) is 18.5 Å². The van der Waals surface area contributed by atoms with E-state index in [-0.39, 0.29) is 18.6 Å². The Kier molecular flexibility index (Phi) is 15.2. The normalized spacial score (nSPS) is 18.6. The molecule has 0 aromatic heterocycles. The van der Waals surface area contributed by atoms with Crippen LogP contribution in [0.5, 0.6) is 0 Å². The van der Waals surface area contributed by atoms with Gasteiger partial charge in [0.05, 0.1) is 57.6 Å². The van der Waals surface area contributed by atoms with E-state index in [0.29, 0.717) is 58.8 Å². The van der Waals surface area contributed by atoms with Crippen molar-refractivity contribution in [3.05, 3.63) is 11.4 Å². The van der Waals surface area contributed by atoms with Crippen LogP contribution in [0.25, 0.3) is 0 Å². The summed E-state index contributed by atoms with van der Waals surface area (Å²) in [6.45, 7) is 11.4. The van der Waals surface area contributed by atoms with Crippen molar-refractivity contribution in [2.75, 3.05) is 66.0 Å². The van der Waals surface area contributed by atoms with Gasteiger partial charge < -0.3 is 34.4 Å². The van der Waals surface area contributed by atoms with Crippen LogP contribution in [0.15, 0.2) is 11.4 Å². The van der Waals surface area contributed by atoms with Gasteiger partial charge in [0.2, 0.25) is 5.91 Å². The van der Waals surface area contributed by atoms with Crippen molar-refractivity contribution in [1.82, 2.24) is 21.3 Å². The summed E-state index contributed by atoms with van der Waals surface area (Å²) in [4.78, 5) is 12.2. The predicted octanol–water partition coefficient (Wildman–Crippen LogP) is 1.87. The van der Waals surface area contributed by atoms with Crippen molar-refractivity contribution in [2.45, 2.75) is 71.4 Å². The van der Waals surface area contributed by atoms with Crippen molar-refractivity contribution < 1.29 is 28.5 Å². The Balaban J connectivity index is 1.49. The molecule has 0 aromatic carbocycles. The van der Waals surface area contributed by atoms with E-state index in [0.717, 1.165) is 38.0 Å². The fourth-order valence-corrected chi connectivity index (χ4v) is 3.86. The maximum atomic E-state index is 12.2. The number of rotatable bonds is 18. The number of ether oxygens (including phenoxy) is 5. The lowest BCUT2D eigenvalue weighted by Gasteiger charge is -2.26. The first-order valence-corrected chi connectivity index (χ1v) is 12.9. The lowest BCUT2D eigenvalue weighted by Crippen LogP contribution is -2.42. The third-order valence-electron chi connectivity index (χ3n) is 5.58. The van der Waals surface area contributed by atoms with Gasteiger partial charge in [-0.05, 0) is 39.5 Å². The van der Waals surface area contributed by atoms with Gasteiger partial charge in [0.15, 0.2) is 0 Å². The second-order valence-corrected chi connectivity index (χ2v) is 8.76. The monoisotopic (exact) mass is 486 g/mol. The van der Waals surface area contributed by atoms with Crippen molar-refractivity contribution in [3.63, 3.8) is 0 Å². The number of carbonyl (C=O) groups excluding carboxylic acids is 1. The molecule has 0 radical (unpaired) electrons. The van der Waals surface area contributed by atoms with E-state index in [9.17, 15) is 4.79 Å². The molecule has 1 unspecified atom stereocenters. The average molecular weight is 487 g/mol. The summed E-state index contributed by atoms with van der Waals surface area (Å²) in [5.74, 6) is -0.129. The third kappa shape index (κ3) is 11.3. The number of hydrogen-bond donors (Lipinski definition) is 3. The Hall–Kier alpha value is -1.43. The van der Waals surface area contributed by atoms with Crippen LogP contribution in [0.1, 0.15) is 59.3 Å². The van der Waals surface area contributed by atoms with E-state index < -0.39 is 0 Å². The van der Waals surface area contributed by atoms with Crippen molar-refractivity contribution >= 4 is 5.91 Å². The molecule has 1 aliphatic carbocycles. The Labute approximate surface area is 205 Å². The second-order valence-electron chi connectivity index (χ2n) is 8.76. The topological polar surface area (TPSA) is 103 Å². The van der Waals surface area contributed by atoms with Gasteiger partial charge in [-0.1, -0.05) is 19.8 Å². The second kappa shape index (κ2) is 17.9. The molecule has 0 fully saturated rings. The summed E-state index contributed by atoms with van der Waals surface area (Å²) in [7, 11) is 0. The van der Waals surface area contributed by atoms with Crippen LogP contribution in [-0.4, -0.2) is 89.1 Å². The SMILES string of the molecule is CCCOCCOCCOCCOCCNC(=O)COC1CCCCCC2=C1NNN2C(C)C. The summed E-state index contributed by atoms with van der Waals surface area (Å²) in [6, 6.07) is 0.345. The first-order chi connectivity index (χ1) is 16.6. The van der Waals surface area contributed by atoms with Crippen LogP contribution in [-0.2, 0) is 28.5 Å². The van der Waals surface area contributed by atoms with Crippen molar-refractivity contribution in [3.8, 4) is 0 Å². The lowest BCUT2D eigenvalue weighted by atomic mass is 9.99. The zero-order chi connectivity index (χ0) is 24.4. The van der Waals surface area contributed by atoms with Gasteiger partial charge in [-0.2, -0.15) is 0 Å². The highest BCUT2D eigenvalue weighted by atomic mass is 16.6. The van der Waals surface area contributed by atoms with Crippen LogP contribution < -0.4 is 16.3 Å². The van der Waals surface area contributed by atoms with Gasteiger partial charge in [0.1, 0.15) is 12.7 Å². The molecule has 198 valence electrons. The molecule has 10 heteroatoms. The first kappa shape index (κ1) is 28.8. The Morgan fingerprint density at radius 3 is 2.26 bits per heavy atom. The first-order valence-electron chi connectivity index (χ1n) is 12.9. The quantitative estimate of drug-likeness (QED) is 0.251. The maximum absolute atomic E-state index is 12.2. The van der Waals surface area contributed by atoms with Gasteiger partial charge in [-0.3, -0.25) is 9.80 Å². The molecule has 1 aliphatic heterocycles. The van der Waals surface area contributed by atoms with Crippen LogP contribution in [0.3, 0.4) is 0 Å². The van der Waals surface area contributed by atoms with E-state index >= 15 is 0 Å². The molecular weight excluding hydrogens is 440 g/mol. The van der Waals surface area contributed by atoms with Crippen molar-refractivity contribution in [1.29, 1.82) is 0 Å². The summed E-state index contributed by atoms with van der Waals surface area (Å²) in [5.41, 5.74) is 8.85. The number of nitrogens with one attached hydrogen (secondary N) is 3. The molecule has 0 saturated carbocycles. The van der Waals surface area contributed by atoms with Crippen LogP contribution in [0.4, 0.5) is 0 Å². The number of hydrogen-bond acceptors (Lipinski definition) is 9. The molecule has 2 aliphatic rings. The smallest absolute Gasteiger partial charge is 0.246 e. The van der Waals surface area contributed by atoms with E-state index in [1.54, 1.807) is 0 Å². The predicted molar refractivity (Wildman–Crippen MR) is 130 cm³/mol. The third-order valence-corrected chi connectivity index (χ3v) is 5.58. The number of hydrazine groups is 2. The number of amides is 1. The van der Waals surface area contributed by atoms with Gasteiger partial charge in [-0.15, -0.1) is 5.53 Å². The molecular formula is C24H46N4O6. The van der Waals surface area contributed by atoms with Gasteiger partial charge in [0, 0.05) is 19.2 Å². The van der Waals surface area contributed by atoms with E-state index in [4.69, 9.17) is 23.7 Å².